The van der Waals surface area contributed by atoms with Gasteiger partial charge in [0.25, 0.3) is 0 Å². The molecule has 0 radical (unpaired) electrons. The lowest BCUT2D eigenvalue weighted by Gasteiger charge is -2.29. The Labute approximate surface area is 531 Å². The highest BCUT2D eigenvalue weighted by Crippen LogP contribution is 2.36. The topological polar surface area (TPSA) is 406 Å². The number of amides is 12. The number of hydrogen-bond acceptors (Lipinski definition) is 17. The summed E-state index contributed by atoms with van der Waals surface area (Å²) in [6.07, 6.45) is -6.71. The van der Waals surface area contributed by atoms with Crippen molar-refractivity contribution in [2.45, 2.75) is 212 Å². The monoisotopic (exact) mass is 1280 g/mol. The minimum Gasteiger partial charge on any atom is -0.445 e. The van der Waals surface area contributed by atoms with Crippen LogP contribution in [0.5, 0.6) is 0 Å². The highest BCUT2D eigenvalue weighted by atomic mass is 16.6. The van der Waals surface area contributed by atoms with E-state index in [0.717, 1.165) is 0 Å². The number of ether oxygens (including phenoxy) is 4. The maximum absolute atomic E-state index is 14.8. The van der Waals surface area contributed by atoms with Crippen molar-refractivity contribution in [3.63, 3.8) is 0 Å². The maximum atomic E-state index is 14.8. The fourth-order valence-corrected chi connectivity index (χ4v) is 8.99. The summed E-state index contributed by atoms with van der Waals surface area (Å²) < 4.78 is 21.5. The van der Waals surface area contributed by atoms with Crippen molar-refractivity contribution in [3.05, 3.63) is 71.8 Å². The van der Waals surface area contributed by atoms with Crippen molar-refractivity contribution in [2.75, 3.05) is 26.2 Å². The first-order valence-corrected chi connectivity index (χ1v) is 30.5. The Morgan fingerprint density at radius 3 is 1.35 bits per heavy atom. The molecule has 1 saturated heterocycles. The molecule has 2 aromatic rings. The number of aliphatic hydroxyl groups excluding tert-OH is 1. The molecule has 0 spiro atoms. The Balaban J connectivity index is 1.84. The summed E-state index contributed by atoms with van der Waals surface area (Å²) in [4.78, 5) is 168. The smallest absolute Gasteiger partial charge is 0.408 e. The maximum Gasteiger partial charge on any atom is 0.408 e. The van der Waals surface area contributed by atoms with Gasteiger partial charge >= 0.3 is 24.4 Å². The van der Waals surface area contributed by atoms with Gasteiger partial charge in [-0.25, -0.2) is 19.2 Å². The molecule has 91 heavy (non-hydrogen) atoms. The van der Waals surface area contributed by atoms with Crippen LogP contribution in [0.1, 0.15) is 139 Å². The number of nitrogens with one attached hydrogen (secondary N) is 12. The minimum atomic E-state index is -1.78. The van der Waals surface area contributed by atoms with Gasteiger partial charge in [0.15, 0.2) is 0 Å². The van der Waals surface area contributed by atoms with E-state index in [-0.39, 0.29) is 77.1 Å². The molecular weight excluding hydrogens is 1180 g/mol. The Hall–Kier alpha value is -8.76. The van der Waals surface area contributed by atoms with E-state index in [4.69, 9.17) is 18.9 Å². The lowest BCUT2D eigenvalue weighted by Crippen LogP contribution is -2.61. The normalized spacial score (nSPS) is 21.8. The first-order valence-electron chi connectivity index (χ1n) is 30.5. The minimum absolute atomic E-state index is 0.0496. The van der Waals surface area contributed by atoms with Crippen LogP contribution in [0, 0.1) is 5.92 Å². The Morgan fingerprint density at radius 1 is 0.527 bits per heavy atom. The van der Waals surface area contributed by atoms with Crippen molar-refractivity contribution in [1.29, 1.82) is 0 Å². The number of alkyl carbamates (subject to hydrolysis) is 4. The van der Waals surface area contributed by atoms with Gasteiger partial charge in [0.1, 0.15) is 71.2 Å². The van der Waals surface area contributed by atoms with Crippen molar-refractivity contribution >= 4 is 71.6 Å². The third kappa shape index (κ3) is 27.9. The Bertz CT molecular complexity index is 2830. The molecule has 2 fully saturated rings. The largest absolute Gasteiger partial charge is 0.445 e. The molecule has 504 valence electrons. The van der Waals surface area contributed by atoms with Crippen molar-refractivity contribution in [2.24, 2.45) is 5.92 Å². The number of rotatable bonds is 19. The van der Waals surface area contributed by atoms with Crippen molar-refractivity contribution < 1.29 is 81.6 Å². The highest BCUT2D eigenvalue weighted by molar-refractivity contribution is 5.99. The molecular formula is C62H94N12O17. The molecule has 29 nitrogen and oxygen atoms in total. The summed E-state index contributed by atoms with van der Waals surface area (Å²) in [6, 6.07) is 6.02. The summed E-state index contributed by atoms with van der Waals surface area (Å²) in [6.45, 7) is 17.8. The third-order valence-corrected chi connectivity index (χ3v) is 13.6. The van der Waals surface area contributed by atoms with Crippen LogP contribution in [-0.4, -0.2) is 174 Å². The highest BCUT2D eigenvalue weighted by Gasteiger charge is 2.52. The Kier molecular flexibility index (Phi) is 28.3. The molecule has 0 unspecified atom stereocenters. The van der Waals surface area contributed by atoms with Gasteiger partial charge in [-0.15, -0.1) is 0 Å². The van der Waals surface area contributed by atoms with E-state index in [9.17, 15) is 62.6 Å². The Morgan fingerprint density at radius 2 is 0.923 bits per heavy atom. The average Bonchev–Trinajstić information content (AvgIpc) is 2.20. The quantitative estimate of drug-likeness (QED) is 0.0892. The van der Waals surface area contributed by atoms with Crippen LogP contribution in [0.15, 0.2) is 60.7 Å². The molecule has 1 aliphatic carbocycles. The number of carbonyl (C=O) groups is 12. The molecule has 29 heteroatoms. The van der Waals surface area contributed by atoms with Gasteiger partial charge in [-0.2, -0.15) is 0 Å². The van der Waals surface area contributed by atoms with Gasteiger partial charge in [-0.1, -0.05) is 74.5 Å². The molecule has 2 aliphatic rings. The fraction of sp³-hybridized carbons (Fsp3) is 0.613. The van der Waals surface area contributed by atoms with Gasteiger partial charge in [-0.3, -0.25) is 38.4 Å². The molecule has 0 aromatic heterocycles. The lowest BCUT2D eigenvalue weighted by atomic mass is 10.00. The summed E-state index contributed by atoms with van der Waals surface area (Å²) in [5.41, 5.74) is -3.13. The molecule has 1 saturated carbocycles. The van der Waals surface area contributed by atoms with E-state index in [1.54, 1.807) is 137 Å². The van der Waals surface area contributed by atoms with Crippen LogP contribution in [-0.2, 0) is 70.3 Å². The molecule has 1 aliphatic heterocycles. The van der Waals surface area contributed by atoms with Crippen LogP contribution in [0.2, 0.25) is 0 Å². The summed E-state index contributed by atoms with van der Waals surface area (Å²) >= 11 is 0. The van der Waals surface area contributed by atoms with Gasteiger partial charge in [0.05, 0.1) is 6.10 Å². The van der Waals surface area contributed by atoms with Crippen LogP contribution in [0.3, 0.4) is 0 Å². The first kappa shape index (κ1) is 74.7. The van der Waals surface area contributed by atoms with E-state index in [1.807, 2.05) is 0 Å². The predicted octanol–water partition coefficient (Wildman–Crippen LogP) is 1.77. The molecule has 0 bridgehead atoms. The summed E-state index contributed by atoms with van der Waals surface area (Å²) in [5.74, 6) is -8.06. The zero-order chi connectivity index (χ0) is 67.9. The van der Waals surface area contributed by atoms with E-state index in [2.05, 4.69) is 63.8 Å². The number of carbonyl (C=O) groups excluding carboxylic acids is 12. The first-order chi connectivity index (χ1) is 42.5. The molecule has 4 rings (SSSR count). The standard InChI is InChI=1S/C62H94N12O17/c1-36(2)33-44-51(80)69-40(24-30-64-55(84)89-59(4,5)6)47(76)68-42(26-32-66-57(86)91-61(10,11)12)50(79)73-46(37(3)75)53(82)63-29-23-43(72-54(83)62(27-28-62)74-58(87)88-35-39-21-17-14-18-22-39)49(78)67-41(25-31-65-56(85)90-60(7,8)9)48(77)71-45(52(81)70-44)34-38-19-15-13-16-20-38/h13-22,36-37,40-46,75H,23-35H2,1-12H3,(H,63,82)(H,64,84)(H,65,85)(H,66,86)(H,67,78)(H,68,76)(H,69,80)(H,70,81)(H,71,77)(H,72,83)(H,73,79)(H,74,87)/t37-,40+,41+,42+,43+,44+,45-,46+/m1/s1. The number of aliphatic hydroxyl groups is 1. The number of benzene rings is 2. The van der Waals surface area contributed by atoms with E-state index in [0.29, 0.717) is 11.1 Å². The second kappa shape index (κ2) is 34.4. The molecule has 2 aromatic carbocycles. The third-order valence-electron chi connectivity index (χ3n) is 13.6. The average molecular weight is 1280 g/mol. The van der Waals surface area contributed by atoms with E-state index in [1.165, 1.54) is 6.92 Å². The zero-order valence-corrected chi connectivity index (χ0v) is 54.1. The molecule has 8 atom stereocenters. The zero-order valence-electron chi connectivity index (χ0n) is 54.1. The molecule has 13 N–H and O–H groups in total. The van der Waals surface area contributed by atoms with Crippen molar-refractivity contribution in [1.82, 2.24) is 63.8 Å². The van der Waals surface area contributed by atoms with E-state index < -0.39 is 155 Å². The van der Waals surface area contributed by atoms with E-state index >= 15 is 0 Å². The SMILES string of the molecule is CC(C)C[C@@H]1NC(=O)[C@@H](Cc2ccccc2)NC(=O)[C@H](CCNC(=O)OC(C)(C)C)NC(=O)[C@@H](NC(=O)C2(NC(=O)OCc3ccccc3)CC2)CCNC(=O)[C@H]([C@@H](C)O)NC(=O)[C@H](CCNC(=O)OC(C)(C)C)NC(=O)[C@H](CCNC(=O)OC(C)(C)C)NC1=O. The van der Waals surface area contributed by atoms with Gasteiger partial charge in [0.2, 0.25) is 47.3 Å². The van der Waals surface area contributed by atoms with Crippen molar-refractivity contribution in [3.8, 4) is 0 Å². The number of hydrogen-bond donors (Lipinski definition) is 13. The van der Waals surface area contributed by atoms with Crippen LogP contribution >= 0.6 is 0 Å². The lowest BCUT2D eigenvalue weighted by molar-refractivity contribution is -0.136. The van der Waals surface area contributed by atoms with Crippen LogP contribution in [0.4, 0.5) is 19.2 Å². The second-order valence-electron chi connectivity index (χ2n) is 25.9. The second-order valence-corrected chi connectivity index (χ2v) is 25.9. The fourth-order valence-electron chi connectivity index (χ4n) is 8.99. The summed E-state index contributed by atoms with van der Waals surface area (Å²) in [5, 5.41) is 42.1. The van der Waals surface area contributed by atoms with Crippen LogP contribution < -0.4 is 63.8 Å². The molecule has 12 amide bonds. The van der Waals surface area contributed by atoms with Gasteiger partial charge in [-0.05, 0) is 131 Å². The predicted molar refractivity (Wildman–Crippen MR) is 331 cm³/mol. The summed E-state index contributed by atoms with van der Waals surface area (Å²) in [7, 11) is 0. The van der Waals surface area contributed by atoms with Crippen LogP contribution in [0.25, 0.3) is 0 Å². The molecule has 1 heterocycles. The van der Waals surface area contributed by atoms with Gasteiger partial charge in [0, 0.05) is 32.6 Å². The van der Waals surface area contributed by atoms with Gasteiger partial charge < -0.3 is 87.9 Å².